The summed E-state index contributed by atoms with van der Waals surface area (Å²) >= 11 is 0. The third-order valence-electron chi connectivity index (χ3n) is 6.37. The number of fused-ring (bicyclic) bond motifs is 1. The van der Waals surface area contributed by atoms with Crippen molar-refractivity contribution in [3.05, 3.63) is 0 Å². The first-order valence-corrected chi connectivity index (χ1v) is 8.70. The molecule has 4 rings (SSSR count). The monoisotopic (exact) mass is 307 g/mol. The molecular weight excluding hydrogens is 282 g/mol. The predicted octanol–water partition coefficient (Wildman–Crippen LogP) is 1.74. The molecule has 0 N–H and O–H groups in total. The second kappa shape index (κ2) is 5.22. The lowest BCUT2D eigenvalue weighted by Crippen LogP contribution is -2.48. The Morgan fingerprint density at radius 3 is 2.73 bits per heavy atom. The Balaban J connectivity index is 1.38. The summed E-state index contributed by atoms with van der Waals surface area (Å²) in [6.07, 6.45) is 4.98. The van der Waals surface area contributed by atoms with E-state index in [2.05, 4.69) is 18.7 Å². The number of likely N-dealkylation sites (tertiary alicyclic amines) is 1. The molecular formula is C17H25NO4. The van der Waals surface area contributed by atoms with Gasteiger partial charge in [-0.1, -0.05) is 6.42 Å². The van der Waals surface area contributed by atoms with E-state index in [1.54, 1.807) is 0 Å². The summed E-state index contributed by atoms with van der Waals surface area (Å²) in [6.45, 7) is 4.73. The van der Waals surface area contributed by atoms with Gasteiger partial charge in [0.25, 0.3) is 0 Å². The highest BCUT2D eigenvalue weighted by Gasteiger charge is 2.63. The van der Waals surface area contributed by atoms with Gasteiger partial charge < -0.3 is 9.47 Å². The fraction of sp³-hybridized carbons (Fsp3) is 0.882. The van der Waals surface area contributed by atoms with E-state index in [0.717, 1.165) is 25.7 Å². The molecule has 2 bridgehead atoms. The minimum Gasteiger partial charge on any atom is -0.458 e. The molecule has 122 valence electrons. The van der Waals surface area contributed by atoms with Crippen molar-refractivity contribution in [1.29, 1.82) is 0 Å². The Kier molecular flexibility index (Phi) is 3.44. The summed E-state index contributed by atoms with van der Waals surface area (Å²) in [5, 5.41) is 0. The predicted molar refractivity (Wildman–Crippen MR) is 78.9 cm³/mol. The van der Waals surface area contributed by atoms with Crippen molar-refractivity contribution in [2.45, 2.75) is 70.2 Å². The van der Waals surface area contributed by atoms with Gasteiger partial charge in [0.2, 0.25) is 0 Å². The second-order valence-corrected chi connectivity index (χ2v) is 7.66. The number of esters is 2. The van der Waals surface area contributed by atoms with E-state index in [0.29, 0.717) is 30.5 Å². The largest absolute Gasteiger partial charge is 0.458 e. The smallest absolute Gasteiger partial charge is 0.320 e. The Hall–Kier alpha value is -1.10. The van der Waals surface area contributed by atoms with Crippen LogP contribution in [-0.2, 0) is 19.1 Å². The van der Waals surface area contributed by atoms with Gasteiger partial charge in [0.1, 0.15) is 12.2 Å². The molecule has 5 heteroatoms. The molecule has 22 heavy (non-hydrogen) atoms. The Morgan fingerprint density at radius 1 is 1.27 bits per heavy atom. The molecule has 7 unspecified atom stereocenters. The van der Waals surface area contributed by atoms with E-state index < -0.39 is 0 Å². The van der Waals surface area contributed by atoms with Crippen LogP contribution in [0, 0.1) is 17.8 Å². The molecule has 0 amide bonds. The number of hydrogen-bond acceptors (Lipinski definition) is 5. The van der Waals surface area contributed by atoms with Crippen molar-refractivity contribution in [1.82, 2.24) is 4.90 Å². The minimum atomic E-state index is -0.199. The van der Waals surface area contributed by atoms with Crippen molar-refractivity contribution < 1.29 is 19.1 Å². The first-order chi connectivity index (χ1) is 10.5. The van der Waals surface area contributed by atoms with Crippen LogP contribution in [0.5, 0.6) is 0 Å². The summed E-state index contributed by atoms with van der Waals surface area (Å²) in [4.78, 5) is 26.4. The summed E-state index contributed by atoms with van der Waals surface area (Å²) in [7, 11) is 0. The summed E-state index contributed by atoms with van der Waals surface area (Å²) in [6, 6.07) is 0.870. The molecule has 7 atom stereocenters. The third-order valence-corrected chi connectivity index (χ3v) is 6.37. The molecule has 0 spiro atoms. The third kappa shape index (κ3) is 2.16. The van der Waals surface area contributed by atoms with Crippen molar-refractivity contribution in [3.63, 3.8) is 0 Å². The van der Waals surface area contributed by atoms with Gasteiger partial charge in [0, 0.05) is 23.9 Å². The highest BCUT2D eigenvalue weighted by molar-refractivity contribution is 5.77. The van der Waals surface area contributed by atoms with Crippen molar-refractivity contribution >= 4 is 11.9 Å². The van der Waals surface area contributed by atoms with Gasteiger partial charge in [-0.2, -0.15) is 0 Å². The molecule has 4 aliphatic rings. The van der Waals surface area contributed by atoms with Crippen LogP contribution in [0.3, 0.4) is 0 Å². The van der Waals surface area contributed by atoms with Crippen molar-refractivity contribution in [3.8, 4) is 0 Å². The van der Waals surface area contributed by atoms with Gasteiger partial charge in [-0.05, 0) is 39.5 Å². The lowest BCUT2D eigenvalue weighted by molar-refractivity contribution is -0.164. The quantitative estimate of drug-likeness (QED) is 0.743. The van der Waals surface area contributed by atoms with Crippen LogP contribution in [0.2, 0.25) is 0 Å². The van der Waals surface area contributed by atoms with Gasteiger partial charge in [-0.15, -0.1) is 0 Å². The highest BCUT2D eigenvalue weighted by atomic mass is 16.6. The number of ether oxygens (including phenoxy) is 2. The zero-order valence-corrected chi connectivity index (χ0v) is 13.4. The maximum atomic E-state index is 12.4. The standard InChI is InChI=1S/C17H25NO4/c1-9-4-3-5-10(2)18(9)8-14(19)21-15-11-6-12-13(7-11)17(20)22-16(12)15/h9-13,15-16H,3-8H2,1-2H3. The van der Waals surface area contributed by atoms with Crippen LogP contribution in [0.15, 0.2) is 0 Å². The molecule has 0 aromatic carbocycles. The fourth-order valence-corrected chi connectivity index (χ4v) is 5.19. The first kappa shape index (κ1) is 14.5. The van der Waals surface area contributed by atoms with E-state index in [1.165, 1.54) is 6.42 Å². The van der Waals surface area contributed by atoms with E-state index in [1.807, 2.05) is 0 Å². The molecule has 0 radical (unpaired) electrons. The lowest BCUT2D eigenvalue weighted by Gasteiger charge is -2.38. The van der Waals surface area contributed by atoms with E-state index in [4.69, 9.17) is 9.47 Å². The number of nitrogens with zero attached hydrogens (tertiary/aromatic N) is 1. The number of carbonyl (C=O) groups is 2. The average Bonchev–Trinajstić information content (AvgIpc) is 3.08. The molecule has 2 heterocycles. The molecule has 2 aliphatic carbocycles. The minimum absolute atomic E-state index is 0.0747. The van der Waals surface area contributed by atoms with E-state index in [9.17, 15) is 9.59 Å². The topological polar surface area (TPSA) is 55.8 Å². The van der Waals surface area contributed by atoms with Crippen LogP contribution >= 0.6 is 0 Å². The zero-order chi connectivity index (χ0) is 15.4. The Labute approximate surface area is 131 Å². The first-order valence-electron chi connectivity index (χ1n) is 8.70. The van der Waals surface area contributed by atoms with E-state index in [-0.39, 0.29) is 30.1 Å². The summed E-state index contributed by atoms with van der Waals surface area (Å²) in [5.74, 6) is 0.466. The number of carbonyl (C=O) groups excluding carboxylic acids is 2. The maximum Gasteiger partial charge on any atom is 0.320 e. The second-order valence-electron chi connectivity index (χ2n) is 7.66. The molecule has 0 aromatic rings. The van der Waals surface area contributed by atoms with Gasteiger partial charge in [-0.3, -0.25) is 14.5 Å². The number of piperidine rings is 1. The fourth-order valence-electron chi connectivity index (χ4n) is 5.19. The molecule has 2 aliphatic heterocycles. The van der Waals surface area contributed by atoms with Crippen LogP contribution in [0.1, 0.15) is 46.0 Å². The normalized spacial score (nSPS) is 46.8. The Morgan fingerprint density at radius 2 is 2.00 bits per heavy atom. The van der Waals surface area contributed by atoms with Crippen LogP contribution in [0.4, 0.5) is 0 Å². The van der Waals surface area contributed by atoms with E-state index >= 15 is 0 Å². The number of rotatable bonds is 3. The molecule has 2 saturated heterocycles. The van der Waals surface area contributed by atoms with Gasteiger partial charge in [-0.25, -0.2) is 0 Å². The SMILES string of the molecule is CC1CCCC(C)N1CC(=O)OC1C2CC3C(=O)OC1C3C2. The zero-order valence-electron chi connectivity index (χ0n) is 13.4. The molecule has 2 saturated carbocycles. The summed E-state index contributed by atoms with van der Waals surface area (Å²) in [5.41, 5.74) is 0. The summed E-state index contributed by atoms with van der Waals surface area (Å²) < 4.78 is 11.2. The lowest BCUT2D eigenvalue weighted by atomic mass is 9.88. The van der Waals surface area contributed by atoms with Gasteiger partial charge in [0.05, 0.1) is 12.5 Å². The van der Waals surface area contributed by atoms with Crippen molar-refractivity contribution in [2.24, 2.45) is 17.8 Å². The van der Waals surface area contributed by atoms with Crippen molar-refractivity contribution in [2.75, 3.05) is 6.54 Å². The average molecular weight is 307 g/mol. The maximum absolute atomic E-state index is 12.4. The van der Waals surface area contributed by atoms with Gasteiger partial charge >= 0.3 is 11.9 Å². The Bertz CT molecular complexity index is 483. The molecule has 4 fully saturated rings. The molecule has 5 nitrogen and oxygen atoms in total. The number of hydrogen-bond donors (Lipinski definition) is 0. The molecule has 0 aromatic heterocycles. The van der Waals surface area contributed by atoms with Gasteiger partial charge in [0.15, 0.2) is 0 Å². The van der Waals surface area contributed by atoms with Crippen LogP contribution in [0.25, 0.3) is 0 Å². The van der Waals surface area contributed by atoms with Crippen LogP contribution in [-0.4, -0.2) is 47.7 Å². The highest BCUT2D eigenvalue weighted by Crippen LogP contribution is 2.55. The van der Waals surface area contributed by atoms with Crippen LogP contribution < -0.4 is 0 Å².